The van der Waals surface area contributed by atoms with Crippen molar-refractivity contribution >= 4 is 39.0 Å². The smallest absolute Gasteiger partial charge is 0.319 e. The van der Waals surface area contributed by atoms with E-state index in [4.69, 9.17) is 16.3 Å². The molecule has 0 unspecified atom stereocenters. The van der Waals surface area contributed by atoms with Crippen molar-refractivity contribution in [3.05, 3.63) is 23.2 Å². The summed E-state index contributed by atoms with van der Waals surface area (Å²) in [6.07, 6.45) is 2.58. The Kier molecular flexibility index (Phi) is 5.17. The van der Waals surface area contributed by atoms with Crippen molar-refractivity contribution in [2.75, 3.05) is 35.1 Å². The molecule has 2 N–H and O–H groups in total. The van der Waals surface area contributed by atoms with Crippen LogP contribution < -0.4 is 14.9 Å². The van der Waals surface area contributed by atoms with Crippen molar-refractivity contribution in [3.8, 4) is 0 Å². The van der Waals surface area contributed by atoms with Gasteiger partial charge in [0.25, 0.3) is 0 Å². The van der Waals surface area contributed by atoms with Crippen molar-refractivity contribution in [3.63, 3.8) is 0 Å². The maximum absolute atomic E-state index is 12.1. The zero-order chi connectivity index (χ0) is 17.2. The summed E-state index contributed by atoms with van der Waals surface area (Å²) >= 11 is 6.14. The molecule has 24 heavy (non-hydrogen) atoms. The summed E-state index contributed by atoms with van der Waals surface area (Å²) in [6, 6.07) is 4.44. The first kappa shape index (κ1) is 17.3. The molecule has 9 heteroatoms. The van der Waals surface area contributed by atoms with Crippen molar-refractivity contribution in [1.29, 1.82) is 0 Å². The summed E-state index contributed by atoms with van der Waals surface area (Å²) in [6.45, 7) is 1.59. The molecule has 0 spiro atoms. The van der Waals surface area contributed by atoms with Crippen LogP contribution in [0, 0.1) is 0 Å². The number of carbonyl (C=O) groups is 1. The highest BCUT2D eigenvalue weighted by Crippen LogP contribution is 2.33. The normalized spacial score (nSPS) is 22.5. The molecule has 2 aliphatic rings. The van der Waals surface area contributed by atoms with Crippen LogP contribution in [0.4, 0.5) is 16.2 Å². The van der Waals surface area contributed by atoms with Gasteiger partial charge in [0.2, 0.25) is 10.0 Å². The summed E-state index contributed by atoms with van der Waals surface area (Å²) in [5.74, 6) is 0.114. The summed E-state index contributed by atoms with van der Waals surface area (Å²) in [5, 5.41) is 5.79. The fourth-order valence-corrected chi connectivity index (χ4v) is 4.72. The fraction of sp³-hybridized carbons (Fsp3) is 0.533. The van der Waals surface area contributed by atoms with Crippen LogP contribution in [0.1, 0.15) is 19.3 Å². The molecule has 0 radical (unpaired) electrons. The maximum Gasteiger partial charge on any atom is 0.319 e. The molecular formula is C15H20ClN3O4S. The number of carbonyl (C=O) groups excluding carboxylic acids is 1. The minimum atomic E-state index is -3.33. The Bertz CT molecular complexity index is 719. The quantitative estimate of drug-likeness (QED) is 0.846. The summed E-state index contributed by atoms with van der Waals surface area (Å²) in [7, 11) is -3.33. The number of sulfonamides is 1. The Morgan fingerprint density at radius 3 is 2.88 bits per heavy atom. The molecule has 2 fully saturated rings. The van der Waals surface area contributed by atoms with Gasteiger partial charge in [0.1, 0.15) is 0 Å². The lowest BCUT2D eigenvalue weighted by molar-refractivity contribution is 0.112. The molecule has 0 saturated carbocycles. The number of rotatable bonds is 4. The Balaban J connectivity index is 1.66. The molecule has 0 aliphatic carbocycles. The van der Waals surface area contributed by atoms with Crippen molar-refractivity contribution < 1.29 is 17.9 Å². The van der Waals surface area contributed by atoms with Crippen LogP contribution in [0.2, 0.25) is 5.02 Å². The largest absolute Gasteiger partial charge is 0.376 e. The third kappa shape index (κ3) is 3.93. The molecule has 1 aromatic carbocycles. The molecule has 3 rings (SSSR count). The molecule has 2 amide bonds. The van der Waals surface area contributed by atoms with Crippen LogP contribution in [0.5, 0.6) is 0 Å². The number of ether oxygens (including phenoxy) is 1. The monoisotopic (exact) mass is 373 g/mol. The standard InChI is InChI=1S/C15H20ClN3O4S/c16-13-5-4-11(9-14(13)19-6-2-8-24(19,21)22)18-15(20)17-10-12-3-1-7-23-12/h4-5,9,12H,1-3,6-8,10H2,(H2,17,18,20)/t12-/m0/s1. The Morgan fingerprint density at radius 2 is 2.21 bits per heavy atom. The van der Waals surface area contributed by atoms with Crippen LogP contribution in [0.3, 0.4) is 0 Å². The van der Waals surface area contributed by atoms with Crippen molar-refractivity contribution in [2.24, 2.45) is 0 Å². The second-order valence-corrected chi connectivity index (χ2v) is 8.30. The van der Waals surface area contributed by atoms with E-state index in [-0.39, 0.29) is 17.9 Å². The Labute approximate surface area is 146 Å². The second-order valence-electron chi connectivity index (χ2n) is 5.88. The highest BCUT2D eigenvalue weighted by atomic mass is 35.5. The van der Waals surface area contributed by atoms with Crippen molar-refractivity contribution in [2.45, 2.75) is 25.4 Å². The molecular weight excluding hydrogens is 354 g/mol. The van der Waals surface area contributed by atoms with Gasteiger partial charge >= 0.3 is 6.03 Å². The predicted molar refractivity (Wildman–Crippen MR) is 93.2 cm³/mol. The minimum Gasteiger partial charge on any atom is -0.376 e. The Hall–Kier alpha value is -1.51. The van der Waals surface area contributed by atoms with Crippen LogP contribution in [-0.4, -0.2) is 46.0 Å². The molecule has 0 bridgehead atoms. The molecule has 2 saturated heterocycles. The van der Waals surface area contributed by atoms with E-state index in [1.807, 2.05) is 0 Å². The van der Waals surface area contributed by atoms with Gasteiger partial charge in [-0.3, -0.25) is 4.31 Å². The second kappa shape index (κ2) is 7.16. The molecule has 2 heterocycles. The molecule has 1 atom stereocenters. The summed E-state index contributed by atoms with van der Waals surface area (Å²) in [4.78, 5) is 12.0. The van der Waals surface area contributed by atoms with Gasteiger partial charge in [0.05, 0.1) is 22.6 Å². The van der Waals surface area contributed by atoms with Crippen LogP contribution in [0.25, 0.3) is 0 Å². The molecule has 0 aromatic heterocycles. The van der Waals surface area contributed by atoms with Gasteiger partial charge in [-0.05, 0) is 37.5 Å². The summed E-state index contributed by atoms with van der Waals surface area (Å²) in [5.41, 5.74) is 0.882. The number of nitrogens with one attached hydrogen (secondary N) is 2. The molecule has 1 aromatic rings. The van der Waals surface area contributed by atoms with Gasteiger partial charge in [-0.15, -0.1) is 0 Å². The minimum absolute atomic E-state index is 0.0614. The van der Waals surface area contributed by atoms with Gasteiger partial charge in [-0.25, -0.2) is 13.2 Å². The fourth-order valence-electron chi connectivity index (χ4n) is 2.88. The van der Waals surface area contributed by atoms with E-state index in [1.165, 1.54) is 4.31 Å². The number of urea groups is 1. The Morgan fingerprint density at radius 1 is 1.38 bits per heavy atom. The first-order chi connectivity index (χ1) is 11.5. The van der Waals surface area contributed by atoms with E-state index in [0.29, 0.717) is 35.9 Å². The van der Waals surface area contributed by atoms with Gasteiger partial charge < -0.3 is 15.4 Å². The number of halogens is 1. The van der Waals surface area contributed by atoms with E-state index in [0.717, 1.165) is 19.4 Å². The van der Waals surface area contributed by atoms with E-state index >= 15 is 0 Å². The third-order valence-corrected chi connectivity index (χ3v) is 6.26. The molecule has 2 aliphatic heterocycles. The highest BCUT2D eigenvalue weighted by molar-refractivity contribution is 7.93. The van der Waals surface area contributed by atoms with Crippen LogP contribution in [-0.2, 0) is 14.8 Å². The lowest BCUT2D eigenvalue weighted by Crippen LogP contribution is -2.35. The van der Waals surface area contributed by atoms with E-state index in [9.17, 15) is 13.2 Å². The van der Waals surface area contributed by atoms with Crippen LogP contribution >= 0.6 is 11.6 Å². The number of nitrogens with zero attached hydrogens (tertiary/aromatic N) is 1. The number of hydrogen-bond acceptors (Lipinski definition) is 4. The van der Waals surface area contributed by atoms with Crippen LogP contribution in [0.15, 0.2) is 18.2 Å². The van der Waals surface area contributed by atoms with Gasteiger partial charge in [0.15, 0.2) is 0 Å². The first-order valence-corrected chi connectivity index (χ1v) is 9.91. The third-order valence-electron chi connectivity index (χ3n) is 4.09. The highest BCUT2D eigenvalue weighted by Gasteiger charge is 2.30. The molecule has 7 nitrogen and oxygen atoms in total. The van der Waals surface area contributed by atoms with E-state index in [1.54, 1.807) is 18.2 Å². The first-order valence-electron chi connectivity index (χ1n) is 7.92. The van der Waals surface area contributed by atoms with Crippen molar-refractivity contribution in [1.82, 2.24) is 5.32 Å². The average Bonchev–Trinajstić information content (AvgIpc) is 3.16. The SMILES string of the molecule is O=C(NC[C@@H]1CCCO1)Nc1ccc(Cl)c(N2CCCS2(=O)=O)c1. The lowest BCUT2D eigenvalue weighted by atomic mass is 10.2. The number of anilines is 2. The topological polar surface area (TPSA) is 87.7 Å². The van der Waals surface area contributed by atoms with E-state index in [2.05, 4.69) is 10.6 Å². The number of benzene rings is 1. The van der Waals surface area contributed by atoms with Gasteiger partial charge in [0, 0.05) is 25.4 Å². The van der Waals surface area contributed by atoms with Gasteiger partial charge in [-0.2, -0.15) is 0 Å². The van der Waals surface area contributed by atoms with Gasteiger partial charge in [-0.1, -0.05) is 11.6 Å². The van der Waals surface area contributed by atoms with E-state index < -0.39 is 10.0 Å². The molecule has 132 valence electrons. The number of amides is 2. The summed E-state index contributed by atoms with van der Waals surface area (Å²) < 4.78 is 30.8. The zero-order valence-electron chi connectivity index (χ0n) is 13.1. The number of hydrogen-bond donors (Lipinski definition) is 2. The predicted octanol–water partition coefficient (Wildman–Crippen LogP) is 2.18. The maximum atomic E-state index is 12.1. The average molecular weight is 374 g/mol. The zero-order valence-corrected chi connectivity index (χ0v) is 14.7. The lowest BCUT2D eigenvalue weighted by Gasteiger charge is -2.19.